The van der Waals surface area contributed by atoms with Crippen LogP contribution in [0.25, 0.3) is 0 Å². The molecule has 7 heteroatoms. The van der Waals surface area contributed by atoms with Crippen molar-refractivity contribution in [2.75, 3.05) is 5.32 Å². The number of hydrogen-bond acceptors (Lipinski definition) is 5. The van der Waals surface area contributed by atoms with Crippen LogP contribution in [0.15, 0.2) is 5.38 Å². The summed E-state index contributed by atoms with van der Waals surface area (Å²) >= 11 is 1.18. The quantitative estimate of drug-likeness (QED) is 0.682. The number of amides is 1. The van der Waals surface area contributed by atoms with Crippen LogP contribution < -0.4 is 11.1 Å². The van der Waals surface area contributed by atoms with Crippen LogP contribution in [0.2, 0.25) is 0 Å². The monoisotopic (exact) mass is 229 g/mol. The Morgan fingerprint density at radius 1 is 1.73 bits per heavy atom. The lowest BCUT2D eigenvalue weighted by atomic mass is 10.2. The molecule has 0 aliphatic rings. The van der Waals surface area contributed by atoms with Gasteiger partial charge in [0.05, 0.1) is 0 Å². The molecule has 1 atom stereocenters. The number of aromatic carboxylic acids is 1. The normalized spacial score (nSPS) is 12.1. The molecule has 1 amide bonds. The first kappa shape index (κ1) is 11.4. The van der Waals surface area contributed by atoms with Gasteiger partial charge in [0, 0.05) is 17.8 Å². The Hall–Kier alpha value is -1.63. The lowest BCUT2D eigenvalue weighted by molar-refractivity contribution is -0.118. The molecule has 0 aliphatic heterocycles. The Balaban J connectivity index is 2.57. The van der Waals surface area contributed by atoms with Gasteiger partial charge in [-0.05, 0) is 6.92 Å². The van der Waals surface area contributed by atoms with Crippen LogP contribution >= 0.6 is 11.3 Å². The average molecular weight is 229 g/mol. The molecule has 0 spiro atoms. The number of nitrogens with zero attached hydrogens (tertiary/aromatic N) is 1. The summed E-state index contributed by atoms with van der Waals surface area (Å²) in [7, 11) is 0. The lowest BCUT2D eigenvalue weighted by Crippen LogP contribution is -2.23. The van der Waals surface area contributed by atoms with Crippen molar-refractivity contribution in [3.8, 4) is 0 Å². The van der Waals surface area contributed by atoms with E-state index in [9.17, 15) is 9.59 Å². The van der Waals surface area contributed by atoms with E-state index in [0.717, 1.165) is 0 Å². The van der Waals surface area contributed by atoms with E-state index in [0.29, 0.717) is 5.13 Å². The van der Waals surface area contributed by atoms with Gasteiger partial charge < -0.3 is 16.2 Å². The van der Waals surface area contributed by atoms with Crippen molar-refractivity contribution in [1.82, 2.24) is 4.98 Å². The molecular formula is C8H11N3O3S. The highest BCUT2D eigenvalue weighted by molar-refractivity contribution is 7.13. The minimum Gasteiger partial charge on any atom is -0.476 e. The summed E-state index contributed by atoms with van der Waals surface area (Å²) in [5.74, 6) is -1.48. The molecule has 6 nitrogen and oxygen atoms in total. The number of nitrogens with one attached hydrogen (secondary N) is 1. The Bertz CT molecular complexity index is 377. The third kappa shape index (κ3) is 3.55. The van der Waals surface area contributed by atoms with Crippen molar-refractivity contribution in [3.63, 3.8) is 0 Å². The third-order valence-electron chi connectivity index (χ3n) is 1.60. The minimum absolute atomic E-state index is 0.00576. The SMILES string of the molecule is CC(CC(N)=O)Nc1nc(C(=O)O)cs1. The molecule has 0 fully saturated rings. The predicted molar refractivity (Wildman–Crippen MR) is 56.0 cm³/mol. The molecule has 0 aliphatic carbocycles. The standard InChI is InChI=1S/C8H11N3O3S/c1-4(2-6(9)12)10-8-11-5(3-15-8)7(13)14/h3-4H,2H2,1H3,(H2,9,12)(H,10,11)(H,13,14). The predicted octanol–water partition coefficient (Wildman–Crippen LogP) is 0.517. The number of carboxylic acids is 1. The molecule has 4 N–H and O–H groups in total. The summed E-state index contributed by atoms with van der Waals surface area (Å²) in [6.45, 7) is 1.77. The second-order valence-corrected chi connectivity index (χ2v) is 3.92. The zero-order valence-electron chi connectivity index (χ0n) is 8.06. The fraction of sp³-hybridized carbons (Fsp3) is 0.375. The maximum Gasteiger partial charge on any atom is 0.355 e. The van der Waals surface area contributed by atoms with E-state index < -0.39 is 11.9 Å². The number of primary amides is 1. The number of aromatic nitrogens is 1. The fourth-order valence-electron chi connectivity index (χ4n) is 1.00. The van der Waals surface area contributed by atoms with E-state index in [1.807, 2.05) is 0 Å². The van der Waals surface area contributed by atoms with Gasteiger partial charge in [-0.15, -0.1) is 11.3 Å². The van der Waals surface area contributed by atoms with E-state index in [-0.39, 0.29) is 18.2 Å². The van der Waals surface area contributed by atoms with Crippen LogP contribution in [-0.2, 0) is 4.79 Å². The molecule has 0 saturated carbocycles. The van der Waals surface area contributed by atoms with Crippen LogP contribution in [0.5, 0.6) is 0 Å². The molecule has 1 aromatic heterocycles. The number of thiazole rings is 1. The molecule has 1 unspecified atom stereocenters. The van der Waals surface area contributed by atoms with Crippen LogP contribution in [0.3, 0.4) is 0 Å². The van der Waals surface area contributed by atoms with Crippen molar-refractivity contribution in [3.05, 3.63) is 11.1 Å². The molecular weight excluding hydrogens is 218 g/mol. The summed E-state index contributed by atoms with van der Waals surface area (Å²) in [6.07, 6.45) is 0.183. The third-order valence-corrected chi connectivity index (χ3v) is 2.37. The van der Waals surface area contributed by atoms with E-state index in [1.165, 1.54) is 16.7 Å². The van der Waals surface area contributed by atoms with Gasteiger partial charge in [-0.1, -0.05) is 0 Å². The average Bonchev–Trinajstić information content (AvgIpc) is 2.50. The van der Waals surface area contributed by atoms with Crippen LogP contribution in [0.4, 0.5) is 5.13 Å². The van der Waals surface area contributed by atoms with Crippen molar-refractivity contribution >= 4 is 28.3 Å². The van der Waals surface area contributed by atoms with E-state index in [1.54, 1.807) is 6.92 Å². The Morgan fingerprint density at radius 2 is 2.40 bits per heavy atom. The first-order chi connectivity index (χ1) is 6.99. The molecule has 15 heavy (non-hydrogen) atoms. The minimum atomic E-state index is -1.07. The van der Waals surface area contributed by atoms with Gasteiger partial charge in [0.2, 0.25) is 5.91 Å². The van der Waals surface area contributed by atoms with Crippen LogP contribution in [0.1, 0.15) is 23.8 Å². The zero-order valence-corrected chi connectivity index (χ0v) is 8.87. The fourth-order valence-corrected chi connectivity index (χ4v) is 1.80. The van der Waals surface area contributed by atoms with E-state index >= 15 is 0 Å². The first-order valence-corrected chi connectivity index (χ1v) is 5.10. The number of anilines is 1. The van der Waals surface area contributed by atoms with Crippen molar-refractivity contribution in [2.45, 2.75) is 19.4 Å². The largest absolute Gasteiger partial charge is 0.476 e. The van der Waals surface area contributed by atoms with Crippen LogP contribution in [0, 0.1) is 0 Å². The Morgan fingerprint density at radius 3 is 2.87 bits per heavy atom. The maximum atomic E-state index is 10.6. The molecule has 0 bridgehead atoms. The first-order valence-electron chi connectivity index (χ1n) is 4.22. The highest BCUT2D eigenvalue weighted by Crippen LogP contribution is 2.16. The van der Waals surface area contributed by atoms with Gasteiger partial charge in [0.1, 0.15) is 0 Å². The molecule has 82 valence electrons. The van der Waals surface area contributed by atoms with Gasteiger partial charge in [-0.3, -0.25) is 4.79 Å². The number of carbonyl (C=O) groups excluding carboxylic acids is 1. The molecule has 0 saturated heterocycles. The number of carbonyl (C=O) groups is 2. The molecule has 0 aromatic carbocycles. The second kappa shape index (κ2) is 4.74. The van der Waals surface area contributed by atoms with Crippen LogP contribution in [-0.4, -0.2) is 28.0 Å². The van der Waals surface area contributed by atoms with Gasteiger partial charge in [-0.25, -0.2) is 9.78 Å². The molecule has 1 aromatic rings. The van der Waals surface area contributed by atoms with E-state index in [4.69, 9.17) is 10.8 Å². The Kier molecular flexibility index (Phi) is 3.62. The van der Waals surface area contributed by atoms with Gasteiger partial charge in [0.25, 0.3) is 0 Å². The highest BCUT2D eigenvalue weighted by atomic mass is 32.1. The second-order valence-electron chi connectivity index (χ2n) is 3.06. The number of carboxylic acid groups (broad SMARTS) is 1. The topological polar surface area (TPSA) is 105 Å². The van der Waals surface area contributed by atoms with Crippen molar-refractivity contribution in [1.29, 1.82) is 0 Å². The smallest absolute Gasteiger partial charge is 0.355 e. The maximum absolute atomic E-state index is 10.6. The van der Waals surface area contributed by atoms with Crippen molar-refractivity contribution < 1.29 is 14.7 Å². The van der Waals surface area contributed by atoms with Gasteiger partial charge >= 0.3 is 5.97 Å². The summed E-state index contributed by atoms with van der Waals surface area (Å²) in [5.41, 5.74) is 5.00. The summed E-state index contributed by atoms with van der Waals surface area (Å²) in [6, 6.07) is -0.157. The molecule has 1 rings (SSSR count). The summed E-state index contributed by atoms with van der Waals surface area (Å²) in [4.78, 5) is 24.9. The van der Waals surface area contributed by atoms with Crippen molar-refractivity contribution in [2.24, 2.45) is 5.73 Å². The summed E-state index contributed by atoms with van der Waals surface area (Å²) in [5, 5.41) is 13.4. The lowest BCUT2D eigenvalue weighted by Gasteiger charge is -2.09. The summed E-state index contributed by atoms with van der Waals surface area (Å²) < 4.78 is 0. The van der Waals surface area contributed by atoms with Gasteiger partial charge in [-0.2, -0.15) is 0 Å². The molecule has 1 heterocycles. The van der Waals surface area contributed by atoms with Gasteiger partial charge in [0.15, 0.2) is 10.8 Å². The number of nitrogens with two attached hydrogens (primary N) is 1. The highest BCUT2D eigenvalue weighted by Gasteiger charge is 2.11. The van der Waals surface area contributed by atoms with E-state index in [2.05, 4.69) is 10.3 Å². The molecule has 0 radical (unpaired) electrons. The zero-order chi connectivity index (χ0) is 11.4. The Labute approximate surface area is 90.1 Å². The number of rotatable bonds is 5. The number of hydrogen-bond donors (Lipinski definition) is 3.